The molecule has 0 radical (unpaired) electrons. The maximum atomic E-state index is 11.8. The van der Waals surface area contributed by atoms with E-state index >= 15 is 0 Å². The fourth-order valence-corrected chi connectivity index (χ4v) is 5.24. The van der Waals surface area contributed by atoms with Crippen molar-refractivity contribution >= 4 is 30.0 Å². The fraction of sp³-hybridized carbons (Fsp3) is 0.500. The predicted octanol–water partition coefficient (Wildman–Crippen LogP) is 4.97. The normalized spacial score (nSPS) is 14.2. The monoisotopic (exact) mass is 536 g/mol. The predicted molar refractivity (Wildman–Crippen MR) is 147 cm³/mol. The van der Waals surface area contributed by atoms with E-state index in [1.165, 1.54) is 13.0 Å². The summed E-state index contributed by atoms with van der Waals surface area (Å²) in [7, 11) is -5.73. The van der Waals surface area contributed by atoms with Crippen LogP contribution in [0.2, 0.25) is 18.1 Å². The number of carbonyl (C=O) groups excluding carboxylic acids is 1. The van der Waals surface area contributed by atoms with E-state index in [1.807, 2.05) is 12.1 Å². The summed E-state index contributed by atoms with van der Waals surface area (Å²) in [6.45, 7) is 14.8. The van der Waals surface area contributed by atoms with Gasteiger partial charge in [0, 0.05) is 19.5 Å². The molecule has 0 aliphatic heterocycles. The molecule has 3 N–H and O–H groups in total. The van der Waals surface area contributed by atoms with E-state index in [0.29, 0.717) is 12.3 Å². The molecular weight excluding hydrogens is 496 g/mol. The molecule has 0 bridgehead atoms. The number of ether oxygens (including phenoxy) is 1. The summed E-state index contributed by atoms with van der Waals surface area (Å²) >= 11 is 0. The quantitative estimate of drug-likeness (QED) is 0.161. The van der Waals surface area contributed by atoms with Crippen molar-refractivity contribution < 1.29 is 27.5 Å². The number of benzene rings is 2. The Kier molecular flexibility index (Phi) is 9.75. The van der Waals surface area contributed by atoms with Crippen LogP contribution in [0, 0.1) is 0 Å². The first-order valence-corrected chi connectivity index (χ1v) is 16.8. The van der Waals surface area contributed by atoms with Crippen LogP contribution >= 0.6 is 0 Å². The average Bonchev–Trinajstić information content (AvgIpc) is 2.72. The van der Waals surface area contributed by atoms with Gasteiger partial charge in [0.2, 0.25) is 10.0 Å². The summed E-state index contributed by atoms with van der Waals surface area (Å²) in [4.78, 5) is 11.1. The molecule has 0 fully saturated rings. The van der Waals surface area contributed by atoms with Crippen LogP contribution in [0.25, 0.3) is 0 Å². The summed E-state index contributed by atoms with van der Waals surface area (Å²) in [6.07, 6.45) is 1.45. The molecule has 2 rings (SSSR count). The third-order valence-corrected chi connectivity index (χ3v) is 11.4. The Hall–Kier alpha value is -2.40. The van der Waals surface area contributed by atoms with Gasteiger partial charge in [-0.05, 0) is 66.9 Å². The van der Waals surface area contributed by atoms with Gasteiger partial charge in [-0.15, -0.1) is 0 Å². The standard InChI is InChI=1S/C26H40N2O6SSi/c1-18(15-20-9-12-22(13-10-20)33-19(2)29)27-17-25(34-36(7,8)26(3,4)5)21-11-14-24(30)23(16-21)28-35(6,31)32/h9-14,16,18,25,27-28,30H,15,17H2,1-8H3/t18-,25-/m1/s1. The van der Waals surface area contributed by atoms with Gasteiger partial charge in [0.1, 0.15) is 11.5 Å². The Morgan fingerprint density at radius 2 is 1.72 bits per heavy atom. The lowest BCUT2D eigenvalue weighted by Gasteiger charge is -2.40. The molecular formula is C26H40N2O6SSi. The number of aromatic hydroxyl groups is 1. The Balaban J connectivity index is 2.22. The average molecular weight is 537 g/mol. The first-order valence-electron chi connectivity index (χ1n) is 12.0. The largest absolute Gasteiger partial charge is 0.506 e. The summed E-state index contributed by atoms with van der Waals surface area (Å²) in [6, 6.07) is 12.4. The highest BCUT2D eigenvalue weighted by atomic mass is 32.2. The first-order chi connectivity index (χ1) is 16.5. The number of phenols is 1. The van der Waals surface area contributed by atoms with E-state index < -0.39 is 18.3 Å². The Morgan fingerprint density at radius 1 is 1.11 bits per heavy atom. The molecule has 10 heteroatoms. The highest BCUT2D eigenvalue weighted by molar-refractivity contribution is 7.92. The van der Waals surface area contributed by atoms with Gasteiger partial charge in [-0.1, -0.05) is 39.0 Å². The number of rotatable bonds is 11. The van der Waals surface area contributed by atoms with Crippen LogP contribution in [0.4, 0.5) is 5.69 Å². The fourth-order valence-electron chi connectivity index (χ4n) is 3.39. The van der Waals surface area contributed by atoms with Gasteiger partial charge in [0.25, 0.3) is 0 Å². The number of phenolic OH excluding ortho intramolecular Hbond substituents is 1. The maximum Gasteiger partial charge on any atom is 0.308 e. The van der Waals surface area contributed by atoms with Crippen molar-refractivity contribution in [1.29, 1.82) is 0 Å². The molecule has 0 saturated heterocycles. The van der Waals surface area contributed by atoms with Crippen LogP contribution in [-0.4, -0.2) is 46.7 Å². The third-order valence-electron chi connectivity index (χ3n) is 6.31. The summed E-state index contributed by atoms with van der Waals surface area (Å²) in [5.41, 5.74) is 1.99. The SMILES string of the molecule is CC(=O)Oc1ccc(C[C@@H](C)NC[C@@H](O[Si](C)(C)C(C)(C)C)c2ccc(O)c(NS(C)(=O)=O)c2)cc1. The third kappa shape index (κ3) is 9.23. The summed E-state index contributed by atoms with van der Waals surface area (Å²) in [5.74, 6) is 0.0176. The molecule has 0 unspecified atom stereocenters. The summed E-state index contributed by atoms with van der Waals surface area (Å²) in [5, 5.41) is 13.7. The highest BCUT2D eigenvalue weighted by Gasteiger charge is 2.39. The van der Waals surface area contributed by atoms with Crippen LogP contribution in [-0.2, 0) is 25.7 Å². The smallest absolute Gasteiger partial charge is 0.308 e. The molecule has 0 amide bonds. The Bertz CT molecular complexity index is 1140. The molecule has 2 aromatic rings. The minimum absolute atomic E-state index is 0.0225. The second-order valence-corrected chi connectivity index (χ2v) is 17.3. The van der Waals surface area contributed by atoms with Crippen LogP contribution in [0.1, 0.15) is 51.8 Å². The maximum absolute atomic E-state index is 11.8. The van der Waals surface area contributed by atoms with Crippen molar-refractivity contribution in [3.05, 3.63) is 53.6 Å². The summed E-state index contributed by atoms with van der Waals surface area (Å²) < 4.78 is 37.8. The minimum Gasteiger partial charge on any atom is -0.506 e. The van der Waals surface area contributed by atoms with E-state index in [2.05, 4.69) is 50.8 Å². The lowest BCUT2D eigenvalue weighted by Crippen LogP contribution is -2.44. The van der Waals surface area contributed by atoms with Gasteiger partial charge >= 0.3 is 5.97 Å². The molecule has 0 aliphatic rings. The number of nitrogens with one attached hydrogen (secondary N) is 2. The number of sulfonamides is 1. The Morgan fingerprint density at radius 3 is 2.25 bits per heavy atom. The van der Waals surface area contributed by atoms with Crippen molar-refractivity contribution in [2.45, 2.75) is 71.3 Å². The van der Waals surface area contributed by atoms with Gasteiger partial charge < -0.3 is 19.6 Å². The van der Waals surface area contributed by atoms with Gasteiger partial charge in [0.15, 0.2) is 8.32 Å². The number of carbonyl (C=O) groups is 1. The molecule has 2 aromatic carbocycles. The molecule has 0 heterocycles. The number of hydrogen-bond donors (Lipinski definition) is 3. The van der Waals surface area contributed by atoms with E-state index in [9.17, 15) is 18.3 Å². The molecule has 0 aliphatic carbocycles. The van der Waals surface area contributed by atoms with Gasteiger partial charge in [-0.25, -0.2) is 8.42 Å². The molecule has 200 valence electrons. The van der Waals surface area contributed by atoms with Crippen molar-refractivity contribution in [1.82, 2.24) is 5.32 Å². The van der Waals surface area contributed by atoms with Gasteiger partial charge in [-0.3, -0.25) is 9.52 Å². The zero-order chi connectivity index (χ0) is 27.3. The number of hydrogen-bond acceptors (Lipinski definition) is 7. The van der Waals surface area contributed by atoms with Gasteiger partial charge in [0.05, 0.1) is 18.0 Å². The van der Waals surface area contributed by atoms with Crippen molar-refractivity contribution in [2.24, 2.45) is 0 Å². The topological polar surface area (TPSA) is 114 Å². The lowest BCUT2D eigenvalue weighted by molar-refractivity contribution is -0.131. The second-order valence-electron chi connectivity index (χ2n) is 10.8. The zero-order valence-corrected chi connectivity index (χ0v) is 24.3. The molecule has 2 atom stereocenters. The molecule has 0 aromatic heterocycles. The lowest BCUT2D eigenvalue weighted by atomic mass is 10.1. The van der Waals surface area contributed by atoms with Crippen molar-refractivity contribution in [3.63, 3.8) is 0 Å². The number of esters is 1. The number of anilines is 1. The molecule has 36 heavy (non-hydrogen) atoms. The minimum atomic E-state index is -3.56. The zero-order valence-electron chi connectivity index (χ0n) is 22.5. The highest BCUT2D eigenvalue weighted by Crippen LogP contribution is 2.40. The molecule has 0 saturated carbocycles. The van der Waals surface area contributed by atoms with Gasteiger partial charge in [-0.2, -0.15) is 0 Å². The van der Waals surface area contributed by atoms with E-state index in [-0.39, 0.29) is 34.6 Å². The van der Waals surface area contributed by atoms with Crippen LogP contribution in [0.15, 0.2) is 42.5 Å². The van der Waals surface area contributed by atoms with Crippen molar-refractivity contribution in [2.75, 3.05) is 17.5 Å². The second kappa shape index (κ2) is 11.8. The molecule has 0 spiro atoms. The Labute approximate surface area is 216 Å². The van der Waals surface area contributed by atoms with Crippen LogP contribution in [0.5, 0.6) is 11.5 Å². The van der Waals surface area contributed by atoms with Crippen molar-refractivity contribution in [3.8, 4) is 11.5 Å². The first kappa shape index (κ1) is 29.8. The van der Waals surface area contributed by atoms with Crippen LogP contribution < -0.4 is 14.8 Å². The van der Waals surface area contributed by atoms with E-state index in [1.54, 1.807) is 24.3 Å². The van der Waals surface area contributed by atoms with Crippen LogP contribution in [0.3, 0.4) is 0 Å². The molecule has 8 nitrogen and oxygen atoms in total. The van der Waals surface area contributed by atoms with E-state index in [0.717, 1.165) is 23.8 Å². The van der Waals surface area contributed by atoms with E-state index in [4.69, 9.17) is 9.16 Å².